The number of benzene rings is 4. The van der Waals surface area contributed by atoms with Crippen LogP contribution < -0.4 is 10.2 Å². The summed E-state index contributed by atoms with van der Waals surface area (Å²) in [6, 6.07) is 31.3. The van der Waals surface area contributed by atoms with E-state index in [1.165, 1.54) is 0 Å². The number of nitrogens with zero attached hydrogens (tertiary/aromatic N) is 1. The van der Waals surface area contributed by atoms with Crippen LogP contribution in [0.3, 0.4) is 0 Å². The fraction of sp³-hybridized carbons (Fsp3) is 0.133. The molecule has 0 saturated heterocycles. The predicted molar refractivity (Wildman–Crippen MR) is 150 cm³/mol. The molecule has 6 heteroatoms. The zero-order chi connectivity index (χ0) is 25.1. The van der Waals surface area contributed by atoms with Crippen LogP contribution in [0.1, 0.15) is 29.3 Å². The lowest BCUT2D eigenvalue weighted by atomic mass is 10.1. The average Bonchev–Trinajstić information content (AvgIpc) is 2.91. The molecular weight excluding hydrogens is 484 g/mol. The lowest BCUT2D eigenvalue weighted by Crippen LogP contribution is -2.35. The van der Waals surface area contributed by atoms with Crippen molar-refractivity contribution < 1.29 is 9.59 Å². The molecule has 0 bridgehead atoms. The third kappa shape index (κ3) is 5.06. The molecule has 0 spiro atoms. The van der Waals surface area contributed by atoms with Gasteiger partial charge in [0.1, 0.15) is 0 Å². The number of aryl methyl sites for hydroxylation is 1. The minimum atomic E-state index is -0.248. The average molecular weight is 511 g/mol. The Bertz CT molecular complexity index is 1360. The normalized spacial score (nSPS) is 12.9. The molecule has 180 valence electrons. The van der Waals surface area contributed by atoms with Crippen molar-refractivity contribution in [3.8, 4) is 0 Å². The molecule has 0 saturated carbocycles. The summed E-state index contributed by atoms with van der Waals surface area (Å²) in [4.78, 5) is 31.4. The Morgan fingerprint density at radius 3 is 2.00 bits per heavy atom. The Balaban J connectivity index is 1.33. The quantitative estimate of drug-likeness (QED) is 0.267. The summed E-state index contributed by atoms with van der Waals surface area (Å²) in [5, 5.41) is 2.70. The summed E-state index contributed by atoms with van der Waals surface area (Å²) >= 11 is 3.25. The van der Waals surface area contributed by atoms with E-state index in [1.54, 1.807) is 23.5 Å². The zero-order valence-electron chi connectivity index (χ0n) is 20.1. The Morgan fingerprint density at radius 2 is 1.42 bits per heavy atom. The van der Waals surface area contributed by atoms with Crippen molar-refractivity contribution in [3.63, 3.8) is 0 Å². The van der Waals surface area contributed by atoms with Gasteiger partial charge in [0.15, 0.2) is 0 Å². The van der Waals surface area contributed by atoms with E-state index in [0.717, 1.165) is 37.3 Å². The molecule has 0 aromatic heterocycles. The molecule has 0 aliphatic carbocycles. The van der Waals surface area contributed by atoms with Crippen molar-refractivity contribution in [2.45, 2.75) is 40.2 Å². The van der Waals surface area contributed by atoms with E-state index in [0.29, 0.717) is 12.0 Å². The highest BCUT2D eigenvalue weighted by Crippen LogP contribution is 2.48. The summed E-state index contributed by atoms with van der Waals surface area (Å²) in [5.41, 5.74) is 4.32. The van der Waals surface area contributed by atoms with Crippen LogP contribution in [0.15, 0.2) is 112 Å². The number of hydrogen-bond acceptors (Lipinski definition) is 4. The summed E-state index contributed by atoms with van der Waals surface area (Å²) in [6.07, 6.45) is 0.698. The van der Waals surface area contributed by atoms with Gasteiger partial charge in [0.05, 0.1) is 16.6 Å². The number of para-hydroxylation sites is 2. The molecule has 4 aromatic carbocycles. The fourth-order valence-corrected chi connectivity index (χ4v) is 6.14. The minimum Gasteiger partial charge on any atom is -0.322 e. The number of rotatable bonds is 6. The monoisotopic (exact) mass is 510 g/mol. The molecule has 1 atom stereocenters. The van der Waals surface area contributed by atoms with Gasteiger partial charge in [-0.15, -0.1) is 11.8 Å². The third-order valence-electron chi connectivity index (χ3n) is 6.00. The van der Waals surface area contributed by atoms with Gasteiger partial charge in [-0.1, -0.05) is 60.6 Å². The largest absolute Gasteiger partial charge is 0.322 e. The maximum Gasteiger partial charge on any atom is 0.255 e. The highest BCUT2D eigenvalue weighted by molar-refractivity contribution is 8.00. The van der Waals surface area contributed by atoms with E-state index in [4.69, 9.17) is 0 Å². The summed E-state index contributed by atoms with van der Waals surface area (Å²) in [7, 11) is 0. The van der Waals surface area contributed by atoms with E-state index in [-0.39, 0.29) is 17.1 Å². The predicted octanol–water partition coefficient (Wildman–Crippen LogP) is 7.95. The number of carbonyl (C=O) groups excluding carboxylic acids is 2. The van der Waals surface area contributed by atoms with Gasteiger partial charge in [-0.05, 0) is 74.0 Å². The second kappa shape index (κ2) is 10.6. The maximum atomic E-state index is 13.9. The molecule has 1 N–H and O–H groups in total. The first-order chi connectivity index (χ1) is 17.5. The number of amides is 2. The van der Waals surface area contributed by atoms with Crippen LogP contribution >= 0.6 is 23.5 Å². The molecule has 1 aliphatic heterocycles. The van der Waals surface area contributed by atoms with Gasteiger partial charge in [-0.25, -0.2) is 0 Å². The van der Waals surface area contributed by atoms with Crippen molar-refractivity contribution in [3.05, 3.63) is 108 Å². The summed E-state index contributed by atoms with van der Waals surface area (Å²) < 4.78 is 0. The van der Waals surface area contributed by atoms with E-state index in [9.17, 15) is 9.59 Å². The SMILES string of the molecule is CCC(Sc1ccc(NC(=O)c2ccc(C)cc2)cc1)C(=O)N1c2ccccc2Sc2ccccc21. The summed E-state index contributed by atoms with van der Waals surface area (Å²) in [6.45, 7) is 4.04. The minimum absolute atomic E-state index is 0.0689. The number of thioether (sulfide) groups is 1. The number of fused-ring (bicyclic) bond motifs is 2. The van der Waals surface area contributed by atoms with Crippen LogP contribution in [0, 0.1) is 6.92 Å². The van der Waals surface area contributed by atoms with Crippen molar-refractivity contribution in [1.29, 1.82) is 0 Å². The zero-order valence-corrected chi connectivity index (χ0v) is 21.7. The van der Waals surface area contributed by atoms with Gasteiger partial charge in [0, 0.05) is 25.9 Å². The van der Waals surface area contributed by atoms with Crippen molar-refractivity contribution in [2.75, 3.05) is 10.2 Å². The number of nitrogens with one attached hydrogen (secondary N) is 1. The van der Waals surface area contributed by atoms with Gasteiger partial charge in [0.25, 0.3) is 5.91 Å². The molecule has 5 rings (SSSR count). The van der Waals surface area contributed by atoms with Crippen LogP contribution in [0.5, 0.6) is 0 Å². The topological polar surface area (TPSA) is 49.4 Å². The Kier molecular flexibility index (Phi) is 7.16. The Hall–Kier alpha value is -3.48. The molecule has 1 heterocycles. The van der Waals surface area contributed by atoms with E-state index >= 15 is 0 Å². The first-order valence-corrected chi connectivity index (χ1v) is 13.6. The first-order valence-electron chi connectivity index (χ1n) is 11.9. The van der Waals surface area contributed by atoms with Gasteiger partial charge in [0.2, 0.25) is 5.91 Å². The molecule has 2 amide bonds. The molecule has 4 nitrogen and oxygen atoms in total. The van der Waals surface area contributed by atoms with E-state index in [1.807, 2.05) is 104 Å². The van der Waals surface area contributed by atoms with Crippen LogP contribution in [0.25, 0.3) is 0 Å². The lowest BCUT2D eigenvalue weighted by Gasteiger charge is -2.33. The van der Waals surface area contributed by atoms with Gasteiger partial charge < -0.3 is 5.32 Å². The highest BCUT2D eigenvalue weighted by Gasteiger charge is 2.32. The number of carbonyl (C=O) groups is 2. The molecular formula is C30H26N2O2S2. The van der Waals surface area contributed by atoms with E-state index < -0.39 is 0 Å². The molecule has 0 fully saturated rings. The van der Waals surface area contributed by atoms with Crippen molar-refractivity contribution in [2.24, 2.45) is 0 Å². The van der Waals surface area contributed by atoms with Gasteiger partial charge in [-0.2, -0.15) is 0 Å². The molecule has 1 unspecified atom stereocenters. The second-order valence-electron chi connectivity index (χ2n) is 8.57. The third-order valence-corrected chi connectivity index (χ3v) is 8.50. The maximum absolute atomic E-state index is 13.9. The van der Waals surface area contributed by atoms with Crippen LogP contribution in [0.4, 0.5) is 17.1 Å². The molecule has 36 heavy (non-hydrogen) atoms. The smallest absolute Gasteiger partial charge is 0.255 e. The van der Waals surface area contributed by atoms with Crippen molar-refractivity contribution >= 4 is 52.4 Å². The lowest BCUT2D eigenvalue weighted by molar-refractivity contribution is -0.117. The number of anilines is 3. The van der Waals surface area contributed by atoms with Crippen LogP contribution in [-0.2, 0) is 4.79 Å². The van der Waals surface area contributed by atoms with Crippen LogP contribution in [-0.4, -0.2) is 17.1 Å². The summed E-state index contributed by atoms with van der Waals surface area (Å²) in [5.74, 6) is -0.0724. The number of hydrogen-bond donors (Lipinski definition) is 1. The highest BCUT2D eigenvalue weighted by atomic mass is 32.2. The standard InChI is InChI=1S/C30H26N2O2S2/c1-3-26(30(34)32-24-8-4-6-10-27(24)36-28-11-7-5-9-25(28)32)35-23-18-16-22(17-19-23)31-29(33)21-14-12-20(2)13-15-21/h4-19,26H,3H2,1-2H3,(H,31,33). The van der Waals surface area contributed by atoms with Crippen molar-refractivity contribution in [1.82, 2.24) is 0 Å². The molecule has 1 aliphatic rings. The van der Waals surface area contributed by atoms with Gasteiger partial charge >= 0.3 is 0 Å². The van der Waals surface area contributed by atoms with E-state index in [2.05, 4.69) is 17.4 Å². The van der Waals surface area contributed by atoms with Crippen LogP contribution in [0.2, 0.25) is 0 Å². The van der Waals surface area contributed by atoms with Gasteiger partial charge in [-0.3, -0.25) is 14.5 Å². The molecule has 0 radical (unpaired) electrons. The Labute approximate surface area is 220 Å². The second-order valence-corrected chi connectivity index (χ2v) is 10.9. The molecule has 4 aromatic rings. The Morgan fingerprint density at radius 1 is 0.833 bits per heavy atom. The first kappa shape index (κ1) is 24.2. The fourth-order valence-electron chi connectivity index (χ4n) is 4.08.